The first-order valence-corrected chi connectivity index (χ1v) is 10.5. The van der Waals surface area contributed by atoms with Crippen molar-refractivity contribution in [3.8, 4) is 0 Å². The summed E-state index contributed by atoms with van der Waals surface area (Å²) in [4.78, 5) is 26.1. The zero-order valence-corrected chi connectivity index (χ0v) is 14.3. The van der Waals surface area contributed by atoms with Crippen LogP contribution in [0, 0.1) is 11.8 Å². The first-order valence-electron chi connectivity index (χ1n) is 8.72. The van der Waals surface area contributed by atoms with Gasteiger partial charge in [-0.15, -0.1) is 0 Å². The normalized spacial score (nSPS) is 31.5. The molecule has 6 nitrogen and oxygen atoms in total. The quantitative estimate of drug-likeness (QED) is 0.816. The SMILES string of the molecule is O=C(NCC1CCCCC1)C1CC(=O)N(C2CCS(=O)(=O)C2)C1. The number of rotatable bonds is 4. The summed E-state index contributed by atoms with van der Waals surface area (Å²) in [5, 5.41) is 3.01. The van der Waals surface area contributed by atoms with Gasteiger partial charge in [0.15, 0.2) is 9.84 Å². The van der Waals surface area contributed by atoms with Gasteiger partial charge in [0.25, 0.3) is 0 Å². The molecule has 2 heterocycles. The summed E-state index contributed by atoms with van der Waals surface area (Å²) >= 11 is 0. The van der Waals surface area contributed by atoms with E-state index < -0.39 is 9.84 Å². The van der Waals surface area contributed by atoms with E-state index in [4.69, 9.17) is 0 Å². The second-order valence-corrected chi connectivity index (χ2v) is 9.48. The molecule has 0 aromatic heterocycles. The van der Waals surface area contributed by atoms with Gasteiger partial charge in [0.1, 0.15) is 0 Å². The molecule has 2 saturated heterocycles. The minimum atomic E-state index is -3.01. The number of sulfone groups is 1. The zero-order valence-electron chi connectivity index (χ0n) is 13.5. The highest BCUT2D eigenvalue weighted by Crippen LogP contribution is 2.27. The van der Waals surface area contributed by atoms with Crippen molar-refractivity contribution in [2.75, 3.05) is 24.6 Å². The van der Waals surface area contributed by atoms with Gasteiger partial charge >= 0.3 is 0 Å². The minimum Gasteiger partial charge on any atom is -0.356 e. The lowest BCUT2D eigenvalue weighted by atomic mass is 9.89. The van der Waals surface area contributed by atoms with Crippen molar-refractivity contribution in [3.05, 3.63) is 0 Å². The van der Waals surface area contributed by atoms with E-state index in [9.17, 15) is 18.0 Å². The first-order chi connectivity index (χ1) is 10.9. The van der Waals surface area contributed by atoms with E-state index in [1.807, 2.05) is 0 Å². The largest absolute Gasteiger partial charge is 0.356 e. The summed E-state index contributed by atoms with van der Waals surface area (Å²) in [6.07, 6.45) is 6.85. The molecule has 1 saturated carbocycles. The zero-order chi connectivity index (χ0) is 16.4. The van der Waals surface area contributed by atoms with Crippen LogP contribution in [0.25, 0.3) is 0 Å². The molecular formula is C16H26N2O4S. The lowest BCUT2D eigenvalue weighted by Gasteiger charge is -2.24. The molecule has 3 aliphatic rings. The van der Waals surface area contributed by atoms with Gasteiger partial charge in [0.2, 0.25) is 11.8 Å². The Morgan fingerprint density at radius 3 is 2.57 bits per heavy atom. The van der Waals surface area contributed by atoms with E-state index in [0.717, 1.165) is 0 Å². The Morgan fingerprint density at radius 1 is 1.17 bits per heavy atom. The molecule has 130 valence electrons. The van der Waals surface area contributed by atoms with Gasteiger partial charge in [0, 0.05) is 25.6 Å². The Kier molecular flexibility index (Phi) is 4.94. The van der Waals surface area contributed by atoms with E-state index in [2.05, 4.69) is 5.32 Å². The Morgan fingerprint density at radius 2 is 1.91 bits per heavy atom. The maximum absolute atomic E-state index is 12.3. The summed E-state index contributed by atoms with van der Waals surface area (Å²) in [5.74, 6) is 0.322. The van der Waals surface area contributed by atoms with Crippen LogP contribution in [0.1, 0.15) is 44.9 Å². The molecule has 23 heavy (non-hydrogen) atoms. The molecule has 3 rings (SSSR count). The number of carbonyl (C=O) groups excluding carboxylic acids is 2. The van der Waals surface area contributed by atoms with Crippen molar-refractivity contribution in [1.82, 2.24) is 10.2 Å². The van der Waals surface area contributed by atoms with Crippen molar-refractivity contribution >= 4 is 21.7 Å². The summed E-state index contributed by atoms with van der Waals surface area (Å²) in [6, 6.07) is -0.233. The van der Waals surface area contributed by atoms with E-state index in [0.29, 0.717) is 25.4 Å². The van der Waals surface area contributed by atoms with Crippen LogP contribution in [0.15, 0.2) is 0 Å². The molecule has 0 aromatic carbocycles. The standard InChI is InChI=1S/C16H26N2O4S/c19-15-8-13(10-18(15)14-6-7-23(21,22)11-14)16(20)17-9-12-4-2-1-3-5-12/h12-14H,1-11H2,(H,17,20). The summed E-state index contributed by atoms with van der Waals surface area (Å²) < 4.78 is 23.2. The topological polar surface area (TPSA) is 83.6 Å². The van der Waals surface area contributed by atoms with Crippen molar-refractivity contribution in [1.29, 1.82) is 0 Å². The van der Waals surface area contributed by atoms with Gasteiger partial charge in [-0.3, -0.25) is 9.59 Å². The summed E-state index contributed by atoms with van der Waals surface area (Å²) in [5.41, 5.74) is 0. The lowest BCUT2D eigenvalue weighted by molar-refractivity contribution is -0.130. The maximum atomic E-state index is 12.3. The molecule has 0 radical (unpaired) electrons. The fourth-order valence-corrected chi connectivity index (χ4v) is 5.79. The van der Waals surface area contributed by atoms with Crippen molar-refractivity contribution in [2.45, 2.75) is 51.0 Å². The third-order valence-electron chi connectivity index (χ3n) is 5.47. The third kappa shape index (κ3) is 4.05. The molecule has 0 bridgehead atoms. The third-order valence-corrected chi connectivity index (χ3v) is 7.22. The van der Waals surface area contributed by atoms with Crippen LogP contribution in [0.4, 0.5) is 0 Å². The van der Waals surface area contributed by atoms with Crippen LogP contribution in [-0.4, -0.2) is 55.8 Å². The van der Waals surface area contributed by atoms with Crippen LogP contribution in [0.3, 0.4) is 0 Å². The molecule has 0 spiro atoms. The summed E-state index contributed by atoms with van der Waals surface area (Å²) in [6.45, 7) is 1.08. The van der Waals surface area contributed by atoms with Gasteiger partial charge in [-0.25, -0.2) is 8.42 Å². The lowest BCUT2D eigenvalue weighted by Crippen LogP contribution is -2.39. The number of amides is 2. The molecule has 3 fully saturated rings. The van der Waals surface area contributed by atoms with Crippen LogP contribution < -0.4 is 5.32 Å². The number of hydrogen-bond acceptors (Lipinski definition) is 4. The van der Waals surface area contributed by atoms with Crippen LogP contribution in [-0.2, 0) is 19.4 Å². The predicted molar refractivity (Wildman–Crippen MR) is 86.5 cm³/mol. The van der Waals surface area contributed by atoms with Gasteiger partial charge in [-0.2, -0.15) is 0 Å². The van der Waals surface area contributed by atoms with Gasteiger partial charge < -0.3 is 10.2 Å². The molecule has 2 aliphatic heterocycles. The van der Waals surface area contributed by atoms with E-state index in [1.54, 1.807) is 4.90 Å². The maximum Gasteiger partial charge on any atom is 0.225 e. The monoisotopic (exact) mass is 342 g/mol. The fraction of sp³-hybridized carbons (Fsp3) is 0.875. The molecule has 1 N–H and O–H groups in total. The van der Waals surface area contributed by atoms with Gasteiger partial charge in [0.05, 0.1) is 17.4 Å². The molecule has 1 aliphatic carbocycles. The van der Waals surface area contributed by atoms with E-state index >= 15 is 0 Å². The smallest absolute Gasteiger partial charge is 0.225 e. The van der Waals surface area contributed by atoms with Crippen LogP contribution in [0.5, 0.6) is 0 Å². The molecule has 0 aromatic rings. The first kappa shape index (κ1) is 16.7. The highest BCUT2D eigenvalue weighted by molar-refractivity contribution is 7.91. The number of carbonyl (C=O) groups is 2. The Balaban J connectivity index is 1.49. The molecule has 2 amide bonds. The average Bonchev–Trinajstić information content (AvgIpc) is 3.08. The van der Waals surface area contributed by atoms with Gasteiger partial charge in [-0.1, -0.05) is 19.3 Å². The molecular weight excluding hydrogens is 316 g/mol. The highest BCUT2D eigenvalue weighted by Gasteiger charge is 2.41. The van der Waals surface area contributed by atoms with Crippen molar-refractivity contribution in [3.63, 3.8) is 0 Å². The average molecular weight is 342 g/mol. The number of nitrogens with one attached hydrogen (secondary N) is 1. The Hall–Kier alpha value is -1.11. The molecule has 2 unspecified atom stereocenters. The van der Waals surface area contributed by atoms with E-state index in [1.165, 1.54) is 32.1 Å². The van der Waals surface area contributed by atoms with E-state index in [-0.39, 0.29) is 41.7 Å². The predicted octanol–water partition coefficient (Wildman–Crippen LogP) is 0.718. The Labute approximate surface area is 137 Å². The second kappa shape index (κ2) is 6.79. The van der Waals surface area contributed by atoms with Crippen LogP contribution in [0.2, 0.25) is 0 Å². The number of nitrogens with zero attached hydrogens (tertiary/aromatic N) is 1. The minimum absolute atomic E-state index is 0.0488. The van der Waals surface area contributed by atoms with Gasteiger partial charge in [-0.05, 0) is 25.2 Å². The second-order valence-electron chi connectivity index (χ2n) is 7.25. The fourth-order valence-electron chi connectivity index (χ4n) is 4.06. The molecule has 2 atom stereocenters. The van der Waals surface area contributed by atoms with Crippen LogP contribution >= 0.6 is 0 Å². The highest BCUT2D eigenvalue weighted by atomic mass is 32.2. The van der Waals surface area contributed by atoms with Crippen molar-refractivity contribution < 1.29 is 18.0 Å². The number of likely N-dealkylation sites (tertiary alicyclic amines) is 1. The molecule has 7 heteroatoms. The van der Waals surface area contributed by atoms with Crippen molar-refractivity contribution in [2.24, 2.45) is 11.8 Å². The summed E-state index contributed by atoms with van der Waals surface area (Å²) in [7, 11) is -3.01. The Bertz CT molecular complexity index is 569. The number of hydrogen-bond donors (Lipinski definition) is 1.